The van der Waals surface area contributed by atoms with E-state index in [1.165, 1.54) is 17.7 Å². The van der Waals surface area contributed by atoms with E-state index in [-0.39, 0.29) is 17.3 Å². The van der Waals surface area contributed by atoms with Crippen LogP contribution in [0.3, 0.4) is 0 Å². The summed E-state index contributed by atoms with van der Waals surface area (Å²) in [5.41, 5.74) is 0.857. The quantitative estimate of drug-likeness (QED) is 0.752. The molecule has 0 bridgehead atoms. The molecule has 0 radical (unpaired) electrons. The summed E-state index contributed by atoms with van der Waals surface area (Å²) in [6, 6.07) is 0.243. The molecular weight excluding hydrogens is 370 g/mol. The van der Waals surface area contributed by atoms with Crippen molar-refractivity contribution in [2.75, 3.05) is 17.7 Å². The highest BCUT2D eigenvalue weighted by Gasteiger charge is 2.27. The maximum Gasteiger partial charge on any atom is 0.348 e. The molecule has 2 aromatic heterocycles. The summed E-state index contributed by atoms with van der Waals surface area (Å²) < 4.78 is 17.3. The van der Waals surface area contributed by atoms with E-state index in [1.54, 1.807) is 6.92 Å². The van der Waals surface area contributed by atoms with Crippen molar-refractivity contribution in [2.45, 2.75) is 57.7 Å². The van der Waals surface area contributed by atoms with Gasteiger partial charge in [0.2, 0.25) is 0 Å². The monoisotopic (exact) mass is 395 g/mol. The van der Waals surface area contributed by atoms with Gasteiger partial charge in [0.25, 0.3) is 0 Å². The lowest BCUT2D eigenvalue weighted by Gasteiger charge is -2.29. The average Bonchev–Trinajstić information content (AvgIpc) is 2.99. The van der Waals surface area contributed by atoms with E-state index in [1.807, 2.05) is 13.8 Å². The molecule has 8 heteroatoms. The Bertz CT molecular complexity index is 821. The summed E-state index contributed by atoms with van der Waals surface area (Å²) in [6.07, 6.45) is 5.55. The number of aromatic nitrogens is 2. The van der Waals surface area contributed by atoms with Crippen LogP contribution in [0.25, 0.3) is 10.2 Å². The zero-order valence-corrected chi connectivity index (χ0v) is 17.0. The van der Waals surface area contributed by atoms with Gasteiger partial charge < -0.3 is 10.1 Å². The highest BCUT2D eigenvalue weighted by atomic mass is 32.2. The van der Waals surface area contributed by atoms with E-state index < -0.39 is 10.8 Å². The predicted octanol–water partition coefficient (Wildman–Crippen LogP) is 3.67. The Morgan fingerprint density at radius 3 is 2.92 bits per heavy atom. The first kappa shape index (κ1) is 19.2. The van der Waals surface area contributed by atoms with Crippen LogP contribution in [0.4, 0.5) is 5.82 Å². The van der Waals surface area contributed by atoms with Gasteiger partial charge in [-0.1, -0.05) is 13.3 Å². The normalized spacial score (nSPS) is 21.5. The van der Waals surface area contributed by atoms with E-state index >= 15 is 0 Å². The van der Waals surface area contributed by atoms with Gasteiger partial charge in [-0.05, 0) is 38.7 Å². The number of carbonyl (C=O) groups excluding carboxylic acids is 1. The number of rotatable bonds is 6. The molecule has 6 nitrogen and oxygen atoms in total. The van der Waals surface area contributed by atoms with Gasteiger partial charge in [0.05, 0.1) is 12.0 Å². The molecule has 0 aliphatic heterocycles. The largest absolute Gasteiger partial charge is 0.462 e. The van der Waals surface area contributed by atoms with Crippen molar-refractivity contribution in [1.29, 1.82) is 0 Å². The van der Waals surface area contributed by atoms with Gasteiger partial charge in [-0.25, -0.2) is 14.8 Å². The number of esters is 1. The summed E-state index contributed by atoms with van der Waals surface area (Å²) in [5, 5.41) is 4.67. The number of anilines is 1. The molecule has 0 aromatic carbocycles. The summed E-state index contributed by atoms with van der Waals surface area (Å²) in [4.78, 5) is 22.3. The van der Waals surface area contributed by atoms with Crippen LogP contribution < -0.4 is 5.32 Å². The number of nitrogens with one attached hydrogen (secondary N) is 1. The van der Waals surface area contributed by atoms with Gasteiger partial charge >= 0.3 is 5.97 Å². The molecule has 1 aliphatic rings. The number of aryl methyl sites for hydroxylation is 1. The summed E-state index contributed by atoms with van der Waals surface area (Å²) in [6.45, 7) is 6.04. The molecule has 1 N–H and O–H groups in total. The topological polar surface area (TPSA) is 81.2 Å². The van der Waals surface area contributed by atoms with Crippen LogP contribution in [0, 0.1) is 6.92 Å². The van der Waals surface area contributed by atoms with E-state index in [2.05, 4.69) is 15.3 Å². The fourth-order valence-corrected chi connectivity index (χ4v) is 5.91. The molecule has 1 fully saturated rings. The molecule has 1 aliphatic carbocycles. The number of hydrogen-bond acceptors (Lipinski definition) is 7. The first-order valence-corrected chi connectivity index (χ1v) is 11.3. The highest BCUT2D eigenvalue weighted by Crippen LogP contribution is 2.35. The second-order valence-electron chi connectivity index (χ2n) is 6.48. The maximum atomic E-state index is 12.2. The molecule has 3 unspecified atom stereocenters. The van der Waals surface area contributed by atoms with Crippen LogP contribution in [0.1, 0.15) is 54.8 Å². The van der Waals surface area contributed by atoms with Crippen molar-refractivity contribution in [2.24, 2.45) is 0 Å². The van der Waals surface area contributed by atoms with Crippen molar-refractivity contribution >= 4 is 44.1 Å². The number of ether oxygens (including phenoxy) is 1. The molecule has 0 amide bonds. The lowest BCUT2D eigenvalue weighted by Crippen LogP contribution is -2.33. The molecule has 2 aromatic rings. The van der Waals surface area contributed by atoms with E-state index in [0.717, 1.165) is 47.3 Å². The summed E-state index contributed by atoms with van der Waals surface area (Å²) in [7, 11) is -0.760. The third-order valence-corrected chi connectivity index (χ3v) is 7.73. The van der Waals surface area contributed by atoms with Gasteiger partial charge in [0.1, 0.15) is 21.9 Å². The Morgan fingerprint density at radius 1 is 1.38 bits per heavy atom. The first-order valence-electron chi connectivity index (χ1n) is 9.10. The Labute approximate surface area is 160 Å². The minimum Gasteiger partial charge on any atom is -0.462 e. The predicted molar refractivity (Wildman–Crippen MR) is 106 cm³/mol. The lowest BCUT2D eigenvalue weighted by molar-refractivity contribution is 0.0531. The fraction of sp³-hybridized carbons (Fsp3) is 0.611. The molecule has 3 rings (SSSR count). The molecule has 26 heavy (non-hydrogen) atoms. The van der Waals surface area contributed by atoms with Crippen molar-refractivity contribution in [3.05, 3.63) is 16.8 Å². The molecule has 142 valence electrons. The molecule has 1 saturated carbocycles. The van der Waals surface area contributed by atoms with Crippen molar-refractivity contribution < 1.29 is 13.7 Å². The van der Waals surface area contributed by atoms with Gasteiger partial charge in [-0.2, -0.15) is 0 Å². The standard InChI is InChI=1S/C18H25N3O3S2/c1-4-24-18(22)15-11(3)14-16(19-10-20-17(14)25-15)21-12-7-6-8-13(9-12)26(23)5-2/h10,12-13H,4-9H2,1-3H3,(H,19,20,21). The lowest BCUT2D eigenvalue weighted by atomic mass is 9.95. The van der Waals surface area contributed by atoms with E-state index in [0.29, 0.717) is 17.2 Å². The van der Waals surface area contributed by atoms with Gasteiger partial charge in [-0.15, -0.1) is 11.3 Å². The van der Waals surface area contributed by atoms with E-state index in [4.69, 9.17) is 4.74 Å². The van der Waals surface area contributed by atoms with Gasteiger partial charge in [0, 0.05) is 27.8 Å². The molecule has 3 atom stereocenters. The molecule has 0 saturated heterocycles. The maximum absolute atomic E-state index is 12.2. The number of thiophene rings is 1. The first-order chi connectivity index (χ1) is 12.5. The third-order valence-electron chi connectivity index (χ3n) is 4.81. The van der Waals surface area contributed by atoms with Crippen LogP contribution in [0.2, 0.25) is 0 Å². The van der Waals surface area contributed by atoms with Crippen LogP contribution >= 0.6 is 11.3 Å². The Kier molecular flexibility index (Phi) is 6.24. The zero-order valence-electron chi connectivity index (χ0n) is 15.4. The molecular formula is C18H25N3O3S2. The zero-order chi connectivity index (χ0) is 18.7. The van der Waals surface area contributed by atoms with Gasteiger partial charge in [0.15, 0.2) is 0 Å². The summed E-state index contributed by atoms with van der Waals surface area (Å²) in [5.74, 6) is 1.16. The number of hydrogen-bond donors (Lipinski definition) is 1. The Morgan fingerprint density at radius 2 is 2.19 bits per heavy atom. The van der Waals surface area contributed by atoms with Crippen molar-refractivity contribution in [1.82, 2.24) is 9.97 Å². The van der Waals surface area contributed by atoms with Crippen LogP contribution in [0.15, 0.2) is 6.33 Å². The van der Waals surface area contributed by atoms with Crippen LogP contribution in [-0.4, -0.2) is 43.8 Å². The minimum atomic E-state index is -0.760. The fourth-order valence-electron chi connectivity index (χ4n) is 3.52. The van der Waals surface area contributed by atoms with Crippen molar-refractivity contribution in [3.63, 3.8) is 0 Å². The second kappa shape index (κ2) is 8.43. The van der Waals surface area contributed by atoms with Gasteiger partial charge in [-0.3, -0.25) is 4.21 Å². The van der Waals surface area contributed by atoms with Crippen LogP contribution in [0.5, 0.6) is 0 Å². The van der Waals surface area contributed by atoms with Crippen LogP contribution in [-0.2, 0) is 15.5 Å². The van der Waals surface area contributed by atoms with E-state index in [9.17, 15) is 9.00 Å². The highest BCUT2D eigenvalue weighted by molar-refractivity contribution is 7.85. The molecule has 2 heterocycles. The average molecular weight is 396 g/mol. The number of carbonyl (C=O) groups is 1. The Balaban J connectivity index is 1.86. The second-order valence-corrected chi connectivity index (χ2v) is 9.48. The van der Waals surface area contributed by atoms with Crippen molar-refractivity contribution in [3.8, 4) is 0 Å². The summed E-state index contributed by atoms with van der Waals surface area (Å²) >= 11 is 1.34. The number of fused-ring (bicyclic) bond motifs is 1. The number of nitrogens with zero attached hydrogens (tertiary/aromatic N) is 2. The molecule has 0 spiro atoms. The Hall–Kier alpha value is -1.54. The SMILES string of the molecule is CCOC(=O)c1sc2ncnc(NC3CCCC(S(=O)CC)C3)c2c1C. The third kappa shape index (κ3) is 3.91. The smallest absolute Gasteiger partial charge is 0.348 e. The minimum absolute atomic E-state index is 0.243.